The first-order chi connectivity index (χ1) is 18.8. The molecule has 0 heterocycles. The van der Waals surface area contributed by atoms with E-state index in [1.54, 1.807) is 6.92 Å². The van der Waals surface area contributed by atoms with Crippen LogP contribution in [0.15, 0.2) is 48.5 Å². The monoisotopic (exact) mass is 548 g/mol. The van der Waals surface area contributed by atoms with Crippen molar-refractivity contribution >= 4 is 24.1 Å². The number of hydrogen-bond acceptors (Lipinski definition) is 6. The first kappa shape index (κ1) is 31.0. The third-order valence-electron chi connectivity index (χ3n) is 7.64. The normalized spacial score (nSPS) is 15.6. The minimum Gasteiger partial charge on any atom is -0.463 e. The Bertz CT molecular complexity index is 1200. The summed E-state index contributed by atoms with van der Waals surface area (Å²) in [5.41, 5.74) is 8.09. The second-order valence-electron chi connectivity index (χ2n) is 11.7. The van der Waals surface area contributed by atoms with E-state index in [0.717, 1.165) is 27.2 Å². The zero-order valence-electron chi connectivity index (χ0n) is 24.6. The summed E-state index contributed by atoms with van der Waals surface area (Å²) in [6.45, 7) is 9.15. The Kier molecular flexibility index (Phi) is 9.90. The molecule has 0 spiro atoms. The zero-order valence-corrected chi connectivity index (χ0v) is 24.6. The number of hydrogen-bond donors (Lipinski definition) is 1. The highest BCUT2D eigenvalue weighted by molar-refractivity contribution is 6.03. The number of benzene rings is 2. The summed E-state index contributed by atoms with van der Waals surface area (Å²) in [7, 11) is 2.93. The van der Waals surface area contributed by atoms with Gasteiger partial charge in [-0.25, -0.2) is 4.79 Å². The van der Waals surface area contributed by atoms with Crippen LogP contribution in [-0.4, -0.2) is 72.2 Å². The Morgan fingerprint density at radius 1 is 0.900 bits per heavy atom. The van der Waals surface area contributed by atoms with Gasteiger partial charge in [0.2, 0.25) is 23.6 Å². The van der Waals surface area contributed by atoms with E-state index in [9.17, 15) is 19.2 Å². The molecule has 0 unspecified atom stereocenters. The van der Waals surface area contributed by atoms with E-state index >= 15 is 0 Å². The van der Waals surface area contributed by atoms with Gasteiger partial charge in [-0.15, -0.1) is 0 Å². The van der Waals surface area contributed by atoms with Crippen LogP contribution in [0.25, 0.3) is 11.1 Å². The fourth-order valence-electron chi connectivity index (χ4n) is 5.58. The van der Waals surface area contributed by atoms with Crippen molar-refractivity contribution < 1.29 is 23.9 Å². The molecule has 2 aromatic carbocycles. The molecule has 40 heavy (non-hydrogen) atoms. The molecule has 0 aromatic heterocycles. The Balaban J connectivity index is 1.93. The molecule has 3 atom stereocenters. The Hall–Kier alpha value is -3.52. The topological polar surface area (TPSA) is 110 Å². The smallest absolute Gasteiger partial charge is 0.340 e. The molecule has 8 heteroatoms. The SMILES string of the molecule is CC(C)C[C@@H](C(=O)N(C)[C@]([C]=O)(CC(C)C)C(=O)OCC1c2ccccc2-c2ccccc21)N(C)C(=O)[C@@H](C)N. The van der Waals surface area contributed by atoms with Crippen LogP contribution in [-0.2, 0) is 23.9 Å². The minimum absolute atomic E-state index is 0.00884. The summed E-state index contributed by atoms with van der Waals surface area (Å²) in [6.07, 6.45) is 2.25. The molecular weight excluding hydrogens is 506 g/mol. The highest BCUT2D eigenvalue weighted by Gasteiger charge is 2.50. The van der Waals surface area contributed by atoms with E-state index in [4.69, 9.17) is 10.5 Å². The lowest BCUT2D eigenvalue weighted by molar-refractivity contribution is -0.162. The summed E-state index contributed by atoms with van der Waals surface area (Å²) < 4.78 is 5.88. The van der Waals surface area contributed by atoms with Crippen LogP contribution in [0.5, 0.6) is 0 Å². The number of rotatable bonds is 12. The van der Waals surface area contributed by atoms with Crippen LogP contribution < -0.4 is 5.73 Å². The number of nitrogens with two attached hydrogens (primary N) is 1. The Morgan fingerprint density at radius 2 is 1.43 bits per heavy atom. The van der Waals surface area contributed by atoms with Gasteiger partial charge < -0.3 is 20.3 Å². The molecule has 3 rings (SSSR count). The quantitative estimate of drug-likeness (QED) is 0.318. The molecule has 2 aromatic rings. The van der Waals surface area contributed by atoms with E-state index in [2.05, 4.69) is 0 Å². The maximum atomic E-state index is 13.9. The second-order valence-corrected chi connectivity index (χ2v) is 11.7. The van der Waals surface area contributed by atoms with Gasteiger partial charge in [0.25, 0.3) is 0 Å². The van der Waals surface area contributed by atoms with Crippen molar-refractivity contribution in [2.75, 3.05) is 20.7 Å². The van der Waals surface area contributed by atoms with E-state index in [0.29, 0.717) is 6.42 Å². The van der Waals surface area contributed by atoms with E-state index in [1.165, 1.54) is 19.0 Å². The van der Waals surface area contributed by atoms with Crippen molar-refractivity contribution in [2.24, 2.45) is 17.6 Å². The molecule has 0 aliphatic heterocycles. The van der Waals surface area contributed by atoms with E-state index in [-0.39, 0.29) is 30.8 Å². The van der Waals surface area contributed by atoms with Gasteiger partial charge in [-0.1, -0.05) is 76.2 Å². The lowest BCUT2D eigenvalue weighted by Crippen LogP contribution is -2.62. The number of amides is 2. The average molecular weight is 549 g/mol. The lowest BCUT2D eigenvalue weighted by Gasteiger charge is -2.40. The van der Waals surface area contributed by atoms with Gasteiger partial charge in [0, 0.05) is 20.0 Å². The van der Waals surface area contributed by atoms with Gasteiger partial charge in [-0.2, -0.15) is 0 Å². The Labute approximate surface area is 237 Å². The summed E-state index contributed by atoms with van der Waals surface area (Å²) in [5.74, 6) is -2.06. The van der Waals surface area contributed by atoms with E-state index < -0.39 is 35.4 Å². The van der Waals surface area contributed by atoms with Crippen molar-refractivity contribution in [3.05, 3.63) is 59.7 Å². The lowest BCUT2D eigenvalue weighted by atomic mass is 9.87. The largest absolute Gasteiger partial charge is 0.463 e. The maximum absolute atomic E-state index is 13.9. The predicted molar refractivity (Wildman–Crippen MR) is 155 cm³/mol. The predicted octanol–water partition coefficient (Wildman–Crippen LogP) is 3.92. The van der Waals surface area contributed by atoms with Crippen molar-refractivity contribution in [3.63, 3.8) is 0 Å². The zero-order chi connectivity index (χ0) is 29.8. The van der Waals surface area contributed by atoms with Gasteiger partial charge in [0.05, 0.1) is 6.04 Å². The van der Waals surface area contributed by atoms with Crippen molar-refractivity contribution in [2.45, 2.75) is 71.0 Å². The molecule has 215 valence electrons. The summed E-state index contributed by atoms with van der Waals surface area (Å²) >= 11 is 0. The second kappa shape index (κ2) is 12.8. The number of likely N-dealkylation sites (N-methyl/N-ethyl adjacent to an activating group) is 2. The third kappa shape index (κ3) is 6.12. The Morgan fingerprint density at radius 3 is 1.88 bits per heavy atom. The molecule has 0 saturated carbocycles. The number of fused-ring (bicyclic) bond motifs is 3. The van der Waals surface area contributed by atoms with Crippen molar-refractivity contribution in [3.8, 4) is 11.1 Å². The summed E-state index contributed by atoms with van der Waals surface area (Å²) in [5, 5.41) is 0. The summed E-state index contributed by atoms with van der Waals surface area (Å²) in [4.78, 5) is 55.6. The number of nitrogens with zero attached hydrogens (tertiary/aromatic N) is 2. The molecule has 0 saturated heterocycles. The third-order valence-corrected chi connectivity index (χ3v) is 7.64. The molecule has 2 amide bonds. The van der Waals surface area contributed by atoms with Gasteiger partial charge in [0.1, 0.15) is 12.6 Å². The highest BCUT2D eigenvalue weighted by atomic mass is 16.5. The maximum Gasteiger partial charge on any atom is 0.340 e. The minimum atomic E-state index is -1.98. The van der Waals surface area contributed by atoms with Gasteiger partial charge in [-0.05, 0) is 53.9 Å². The number of carbonyl (C=O) groups is 3. The van der Waals surface area contributed by atoms with Crippen LogP contribution >= 0.6 is 0 Å². The molecule has 1 aliphatic carbocycles. The summed E-state index contributed by atoms with van der Waals surface area (Å²) in [6, 6.07) is 14.2. The standard InChI is InChI=1S/C32H42N3O5/c1-20(2)16-28(34(6)29(37)22(5)33)30(38)35(7)32(19-36,17-21(3)4)31(39)40-18-27-25-14-10-8-12-23(25)24-13-9-11-15-26(24)27/h8-15,20-22,27-28H,16-18,33H2,1-7H3/t22-,28+,32+/m1/s1. The fraction of sp³-hybridized carbons (Fsp3) is 0.500. The fourth-order valence-corrected chi connectivity index (χ4v) is 5.58. The molecule has 1 aliphatic rings. The van der Waals surface area contributed by atoms with Crippen molar-refractivity contribution in [1.82, 2.24) is 9.80 Å². The van der Waals surface area contributed by atoms with Crippen LogP contribution in [0.3, 0.4) is 0 Å². The molecule has 8 nitrogen and oxygen atoms in total. The van der Waals surface area contributed by atoms with Gasteiger partial charge >= 0.3 is 5.97 Å². The molecule has 0 fully saturated rings. The molecule has 2 N–H and O–H groups in total. The van der Waals surface area contributed by atoms with Crippen LogP contribution in [0.1, 0.15) is 64.5 Å². The average Bonchev–Trinajstić information content (AvgIpc) is 3.25. The molecule has 1 radical (unpaired) electrons. The molecular formula is C32H42N3O5. The van der Waals surface area contributed by atoms with Crippen LogP contribution in [0, 0.1) is 11.8 Å². The van der Waals surface area contributed by atoms with E-state index in [1.807, 2.05) is 82.5 Å². The first-order valence-corrected chi connectivity index (χ1v) is 13.9. The van der Waals surface area contributed by atoms with Gasteiger partial charge in [0.15, 0.2) is 0 Å². The molecule has 0 bridgehead atoms. The van der Waals surface area contributed by atoms with Crippen LogP contribution in [0.4, 0.5) is 0 Å². The first-order valence-electron chi connectivity index (χ1n) is 13.9. The highest BCUT2D eigenvalue weighted by Crippen LogP contribution is 2.44. The number of esters is 1. The van der Waals surface area contributed by atoms with Crippen molar-refractivity contribution in [1.29, 1.82) is 0 Å². The number of carbonyl (C=O) groups excluding carboxylic acids is 4. The van der Waals surface area contributed by atoms with Crippen LogP contribution in [0.2, 0.25) is 0 Å². The van der Waals surface area contributed by atoms with Gasteiger partial charge in [-0.3, -0.25) is 14.4 Å². The number of ether oxygens (including phenoxy) is 1.